The van der Waals surface area contributed by atoms with Gasteiger partial charge in [-0.15, -0.1) is 0 Å². The average Bonchev–Trinajstić information content (AvgIpc) is 2.18. The Labute approximate surface area is 83.1 Å². The number of carbonyl (C=O) groups excluding carboxylic acids is 1. The number of hydrogen-bond donors (Lipinski definition) is 2. The zero-order chi connectivity index (χ0) is 10.6. The Kier molecular flexibility index (Phi) is 3.48. The Morgan fingerprint density at radius 1 is 1.57 bits per heavy atom. The second kappa shape index (κ2) is 4.62. The fourth-order valence-electron chi connectivity index (χ4n) is 1.22. The number of benzene rings is 1. The average molecular weight is 194 g/mol. The minimum Gasteiger partial charge on any atom is -0.495 e. The summed E-state index contributed by atoms with van der Waals surface area (Å²) >= 11 is 0. The van der Waals surface area contributed by atoms with E-state index >= 15 is 0 Å². The number of methoxy groups -OCH3 is 1. The summed E-state index contributed by atoms with van der Waals surface area (Å²) in [6.45, 7) is 0.275. The van der Waals surface area contributed by atoms with Crippen LogP contribution in [0.2, 0.25) is 0 Å². The molecule has 0 radical (unpaired) electrons. The highest BCUT2D eigenvalue weighted by atomic mass is 16.5. The van der Waals surface area contributed by atoms with Crippen LogP contribution in [0.3, 0.4) is 0 Å². The Hall–Kier alpha value is -1.55. The molecule has 0 spiro atoms. The molecule has 0 unspecified atom stereocenters. The van der Waals surface area contributed by atoms with Gasteiger partial charge in [0.2, 0.25) is 0 Å². The highest BCUT2D eigenvalue weighted by Crippen LogP contribution is 2.24. The first-order valence-corrected chi connectivity index (χ1v) is 4.31. The van der Waals surface area contributed by atoms with E-state index in [9.17, 15) is 4.79 Å². The fourth-order valence-corrected chi connectivity index (χ4v) is 1.22. The van der Waals surface area contributed by atoms with Gasteiger partial charge in [-0.3, -0.25) is 4.79 Å². The minimum atomic E-state index is -0.0381. The highest BCUT2D eigenvalue weighted by Gasteiger charge is 2.11. The maximum atomic E-state index is 11.5. The number of carbonyl (C=O) groups is 1. The van der Waals surface area contributed by atoms with Crippen LogP contribution in [0.1, 0.15) is 10.4 Å². The van der Waals surface area contributed by atoms with Crippen LogP contribution in [0.25, 0.3) is 0 Å². The van der Waals surface area contributed by atoms with Crippen molar-refractivity contribution in [3.05, 3.63) is 23.8 Å². The lowest BCUT2D eigenvalue weighted by Gasteiger charge is -2.08. The largest absolute Gasteiger partial charge is 0.495 e. The summed E-state index contributed by atoms with van der Waals surface area (Å²) in [6, 6.07) is 5.17. The molecule has 0 aliphatic heterocycles. The van der Waals surface area contributed by atoms with Crippen LogP contribution in [0.4, 0.5) is 5.69 Å². The van der Waals surface area contributed by atoms with E-state index < -0.39 is 0 Å². The third-order valence-electron chi connectivity index (χ3n) is 1.92. The summed E-state index contributed by atoms with van der Waals surface area (Å²) in [4.78, 5) is 11.5. The zero-order valence-electron chi connectivity index (χ0n) is 8.33. The molecule has 3 N–H and O–H groups in total. The topological polar surface area (TPSA) is 64.3 Å². The molecular weight excluding hydrogens is 180 g/mol. The summed E-state index contributed by atoms with van der Waals surface area (Å²) in [5.74, 6) is 0.496. The molecule has 1 rings (SSSR count). The number of rotatable bonds is 4. The minimum absolute atomic E-state index is 0.0381. The van der Waals surface area contributed by atoms with E-state index in [4.69, 9.17) is 10.5 Å². The van der Waals surface area contributed by atoms with Gasteiger partial charge in [-0.1, -0.05) is 6.07 Å². The molecule has 0 aliphatic carbocycles. The SMILES string of the molecule is CNCC(=O)c1cccc(OC)c1N. The van der Waals surface area contributed by atoms with Crippen molar-refractivity contribution < 1.29 is 9.53 Å². The molecule has 76 valence electrons. The number of nitrogen functional groups attached to an aromatic ring is 1. The van der Waals surface area contributed by atoms with Crippen molar-refractivity contribution >= 4 is 11.5 Å². The van der Waals surface area contributed by atoms with Gasteiger partial charge in [0, 0.05) is 5.56 Å². The number of ketones is 1. The third kappa shape index (κ3) is 2.03. The maximum absolute atomic E-state index is 11.5. The predicted molar refractivity (Wildman–Crippen MR) is 55.7 cm³/mol. The fraction of sp³-hybridized carbons (Fsp3) is 0.300. The molecule has 1 aromatic rings. The van der Waals surface area contributed by atoms with Crippen LogP contribution in [0.15, 0.2) is 18.2 Å². The number of likely N-dealkylation sites (N-methyl/N-ethyl adjacent to an activating group) is 1. The lowest BCUT2D eigenvalue weighted by atomic mass is 10.1. The molecule has 14 heavy (non-hydrogen) atoms. The van der Waals surface area contributed by atoms with Crippen LogP contribution in [-0.2, 0) is 0 Å². The first-order chi connectivity index (χ1) is 6.70. The number of para-hydroxylation sites is 1. The van der Waals surface area contributed by atoms with E-state index in [-0.39, 0.29) is 12.3 Å². The van der Waals surface area contributed by atoms with Crippen molar-refractivity contribution in [2.75, 3.05) is 26.4 Å². The molecule has 1 aromatic carbocycles. The standard InChI is InChI=1S/C10H14N2O2/c1-12-6-8(13)7-4-3-5-9(14-2)10(7)11/h3-5,12H,6,11H2,1-2H3. The zero-order valence-corrected chi connectivity index (χ0v) is 8.33. The molecule has 0 aromatic heterocycles. The normalized spacial score (nSPS) is 9.86. The van der Waals surface area contributed by atoms with Gasteiger partial charge in [0.25, 0.3) is 0 Å². The maximum Gasteiger partial charge on any atom is 0.178 e. The molecule has 0 aliphatic rings. The number of Topliss-reactive ketones (excluding diaryl/α,β-unsaturated/α-hetero) is 1. The molecule has 0 saturated carbocycles. The summed E-state index contributed by atoms with van der Waals surface area (Å²) in [6.07, 6.45) is 0. The van der Waals surface area contributed by atoms with E-state index in [0.717, 1.165) is 0 Å². The number of nitrogens with one attached hydrogen (secondary N) is 1. The second-order valence-electron chi connectivity index (χ2n) is 2.88. The summed E-state index contributed by atoms with van der Waals surface area (Å²) in [5.41, 5.74) is 6.65. The van der Waals surface area contributed by atoms with Crippen molar-refractivity contribution in [3.63, 3.8) is 0 Å². The van der Waals surface area contributed by atoms with E-state index in [1.165, 1.54) is 7.11 Å². The molecule has 0 bridgehead atoms. The Morgan fingerprint density at radius 3 is 2.86 bits per heavy atom. The Morgan fingerprint density at radius 2 is 2.29 bits per heavy atom. The van der Waals surface area contributed by atoms with Gasteiger partial charge in [-0.05, 0) is 19.2 Å². The van der Waals surface area contributed by atoms with Gasteiger partial charge in [0.15, 0.2) is 5.78 Å². The van der Waals surface area contributed by atoms with Crippen LogP contribution < -0.4 is 15.8 Å². The van der Waals surface area contributed by atoms with Crippen LogP contribution in [0, 0.1) is 0 Å². The van der Waals surface area contributed by atoms with Crippen molar-refractivity contribution in [2.45, 2.75) is 0 Å². The molecule has 4 nitrogen and oxygen atoms in total. The van der Waals surface area contributed by atoms with Crippen LogP contribution in [-0.4, -0.2) is 26.5 Å². The summed E-state index contributed by atoms with van der Waals surface area (Å²) < 4.78 is 5.02. The highest BCUT2D eigenvalue weighted by molar-refractivity contribution is 6.03. The van der Waals surface area contributed by atoms with Crippen molar-refractivity contribution in [3.8, 4) is 5.75 Å². The number of hydrogen-bond acceptors (Lipinski definition) is 4. The molecular formula is C10H14N2O2. The number of anilines is 1. The Bertz CT molecular complexity index is 337. The van der Waals surface area contributed by atoms with Gasteiger partial charge < -0.3 is 15.8 Å². The van der Waals surface area contributed by atoms with Crippen molar-refractivity contribution in [1.29, 1.82) is 0 Å². The lowest BCUT2D eigenvalue weighted by Crippen LogP contribution is -2.19. The smallest absolute Gasteiger partial charge is 0.178 e. The van der Waals surface area contributed by atoms with Crippen molar-refractivity contribution in [1.82, 2.24) is 5.32 Å². The molecule has 0 heterocycles. The van der Waals surface area contributed by atoms with Gasteiger partial charge >= 0.3 is 0 Å². The molecule has 0 amide bonds. The van der Waals surface area contributed by atoms with E-state index in [2.05, 4.69) is 5.32 Å². The summed E-state index contributed by atoms with van der Waals surface area (Å²) in [5, 5.41) is 2.78. The van der Waals surface area contributed by atoms with Crippen LogP contribution in [0.5, 0.6) is 5.75 Å². The van der Waals surface area contributed by atoms with Gasteiger partial charge in [-0.2, -0.15) is 0 Å². The monoisotopic (exact) mass is 194 g/mol. The molecule has 0 fully saturated rings. The van der Waals surface area contributed by atoms with E-state index in [1.807, 2.05) is 0 Å². The molecule has 0 saturated heterocycles. The van der Waals surface area contributed by atoms with Crippen LogP contribution >= 0.6 is 0 Å². The molecule has 4 heteroatoms. The lowest BCUT2D eigenvalue weighted by molar-refractivity contribution is 0.0994. The number of nitrogens with two attached hydrogens (primary N) is 1. The first kappa shape index (κ1) is 10.5. The first-order valence-electron chi connectivity index (χ1n) is 4.31. The van der Waals surface area contributed by atoms with Gasteiger partial charge in [-0.25, -0.2) is 0 Å². The Balaban J connectivity index is 3.03. The quantitative estimate of drug-likeness (QED) is 0.546. The third-order valence-corrected chi connectivity index (χ3v) is 1.92. The number of ether oxygens (including phenoxy) is 1. The van der Waals surface area contributed by atoms with Crippen molar-refractivity contribution in [2.24, 2.45) is 0 Å². The second-order valence-corrected chi connectivity index (χ2v) is 2.88. The summed E-state index contributed by atoms with van der Waals surface area (Å²) in [7, 11) is 3.24. The predicted octanol–water partition coefficient (Wildman–Crippen LogP) is 0.680. The van der Waals surface area contributed by atoms with E-state index in [1.54, 1.807) is 25.2 Å². The van der Waals surface area contributed by atoms with Gasteiger partial charge in [0.05, 0.1) is 19.3 Å². The molecule has 0 atom stereocenters. The van der Waals surface area contributed by atoms with E-state index in [0.29, 0.717) is 17.0 Å². The van der Waals surface area contributed by atoms with Gasteiger partial charge in [0.1, 0.15) is 5.75 Å².